The number of hydrogen-bond acceptors (Lipinski definition) is 6. The molecule has 1 aliphatic carbocycles. The van der Waals surface area contributed by atoms with Crippen molar-refractivity contribution in [2.45, 2.75) is 31.0 Å². The highest BCUT2D eigenvalue weighted by Crippen LogP contribution is 2.38. The highest BCUT2D eigenvalue weighted by atomic mass is 19.4. The molecule has 0 aliphatic heterocycles. The lowest BCUT2D eigenvalue weighted by Crippen LogP contribution is -2.35. The number of imidazole rings is 1. The summed E-state index contributed by atoms with van der Waals surface area (Å²) >= 11 is 0. The average Bonchev–Trinajstić information content (AvgIpc) is 3.17. The molecule has 0 spiro atoms. The molecule has 11 heteroatoms. The van der Waals surface area contributed by atoms with Gasteiger partial charge in [0.05, 0.1) is 5.56 Å². The van der Waals surface area contributed by atoms with Gasteiger partial charge in [-0.1, -0.05) is 12.1 Å². The number of pyridine rings is 1. The number of amides is 1. The van der Waals surface area contributed by atoms with Crippen molar-refractivity contribution in [3.8, 4) is 11.3 Å². The number of rotatable bonds is 4. The average molecular weight is 467 g/mol. The number of carbonyl (C=O) groups excluding carboxylic acids is 1. The van der Waals surface area contributed by atoms with E-state index in [1.54, 1.807) is 30.5 Å². The second-order valence-corrected chi connectivity index (χ2v) is 8.24. The van der Waals surface area contributed by atoms with Crippen LogP contribution < -0.4 is 16.8 Å². The second kappa shape index (κ2) is 8.10. The van der Waals surface area contributed by atoms with Gasteiger partial charge >= 0.3 is 6.18 Å². The minimum atomic E-state index is -4.53. The molecule has 1 fully saturated rings. The number of alkyl halides is 3. The van der Waals surface area contributed by atoms with Crippen LogP contribution in [0.4, 0.5) is 24.8 Å². The van der Waals surface area contributed by atoms with Gasteiger partial charge in [0.25, 0.3) is 5.91 Å². The number of fused-ring (bicyclic) bond motifs is 1. The highest BCUT2D eigenvalue weighted by molar-refractivity contribution is 6.04. The number of nitrogens with two attached hydrogens (primary N) is 2. The van der Waals surface area contributed by atoms with E-state index in [-0.39, 0.29) is 23.3 Å². The molecule has 8 nitrogen and oxygen atoms in total. The largest absolute Gasteiger partial charge is 0.416 e. The summed E-state index contributed by atoms with van der Waals surface area (Å²) in [5, 5.41) is 2.40. The zero-order chi connectivity index (χ0) is 24.0. The minimum absolute atomic E-state index is 0.157. The van der Waals surface area contributed by atoms with Gasteiger partial charge in [0.2, 0.25) is 0 Å². The van der Waals surface area contributed by atoms with Crippen molar-refractivity contribution in [3.05, 3.63) is 71.9 Å². The zero-order valence-electron chi connectivity index (χ0n) is 17.8. The van der Waals surface area contributed by atoms with Crippen LogP contribution in [0.15, 0.2) is 55.0 Å². The number of anilines is 2. The number of halogens is 3. The van der Waals surface area contributed by atoms with Crippen molar-refractivity contribution in [3.63, 3.8) is 0 Å². The molecule has 0 bridgehead atoms. The van der Waals surface area contributed by atoms with Crippen molar-refractivity contribution in [2.75, 3.05) is 11.1 Å². The molecule has 0 saturated heterocycles. The first-order chi connectivity index (χ1) is 16.2. The predicted molar refractivity (Wildman–Crippen MR) is 120 cm³/mol. The molecule has 0 unspecified atom stereocenters. The molecule has 5 N–H and O–H groups in total. The third kappa shape index (κ3) is 3.94. The topological polar surface area (TPSA) is 124 Å². The van der Waals surface area contributed by atoms with Crippen LogP contribution in [0.2, 0.25) is 0 Å². The summed E-state index contributed by atoms with van der Waals surface area (Å²) in [5.74, 6) is 0.642. The van der Waals surface area contributed by atoms with E-state index in [1.165, 1.54) is 0 Å². The summed E-state index contributed by atoms with van der Waals surface area (Å²) < 4.78 is 40.6. The van der Waals surface area contributed by atoms with Crippen LogP contribution in [0.25, 0.3) is 16.8 Å². The smallest absolute Gasteiger partial charge is 0.382 e. The van der Waals surface area contributed by atoms with E-state index in [1.807, 2.05) is 10.6 Å². The normalized spacial score (nSPS) is 18.0. The van der Waals surface area contributed by atoms with Gasteiger partial charge in [0.1, 0.15) is 28.7 Å². The van der Waals surface area contributed by atoms with E-state index in [0.29, 0.717) is 17.0 Å². The van der Waals surface area contributed by atoms with Gasteiger partial charge in [-0.2, -0.15) is 13.2 Å². The molecule has 0 atom stereocenters. The molecule has 0 radical (unpaired) electrons. The van der Waals surface area contributed by atoms with Crippen LogP contribution in [0.3, 0.4) is 0 Å². The molecule has 174 valence electrons. The summed E-state index contributed by atoms with van der Waals surface area (Å²) in [6, 6.07) is 8.33. The second-order valence-electron chi connectivity index (χ2n) is 8.24. The molecule has 1 saturated carbocycles. The molecular weight excluding hydrogens is 447 g/mol. The van der Waals surface area contributed by atoms with Gasteiger partial charge in [0, 0.05) is 41.7 Å². The van der Waals surface area contributed by atoms with Crippen molar-refractivity contribution in [2.24, 2.45) is 5.73 Å². The quantitative estimate of drug-likeness (QED) is 0.419. The number of nitrogens with zero attached hydrogens (tertiary/aromatic N) is 4. The molecule has 4 aromatic rings. The van der Waals surface area contributed by atoms with Crippen molar-refractivity contribution >= 4 is 23.1 Å². The van der Waals surface area contributed by atoms with Crippen molar-refractivity contribution in [1.82, 2.24) is 19.4 Å². The lowest BCUT2D eigenvalue weighted by Gasteiger charge is -2.31. The lowest BCUT2D eigenvalue weighted by atomic mass is 9.80. The maximum absolute atomic E-state index is 12.9. The Bertz CT molecular complexity index is 1380. The molecule has 34 heavy (non-hydrogen) atoms. The summed E-state index contributed by atoms with van der Waals surface area (Å²) in [6.07, 6.45) is 1.57. The fourth-order valence-corrected chi connectivity index (χ4v) is 4.09. The number of nitrogens with one attached hydrogen (secondary N) is 1. The Morgan fingerprint density at radius 1 is 1.09 bits per heavy atom. The number of hydrogen-bond donors (Lipinski definition) is 3. The number of nitrogen functional groups attached to an aromatic ring is 1. The summed E-state index contributed by atoms with van der Waals surface area (Å²) in [5.41, 5.74) is 13.5. The zero-order valence-corrected chi connectivity index (χ0v) is 17.8. The van der Waals surface area contributed by atoms with Crippen LogP contribution in [-0.2, 0) is 6.18 Å². The lowest BCUT2D eigenvalue weighted by molar-refractivity contribution is -0.137. The van der Waals surface area contributed by atoms with Crippen LogP contribution in [0.5, 0.6) is 0 Å². The fourth-order valence-electron chi connectivity index (χ4n) is 4.09. The van der Waals surface area contributed by atoms with Crippen LogP contribution >= 0.6 is 0 Å². The van der Waals surface area contributed by atoms with Gasteiger partial charge in [-0.3, -0.25) is 9.20 Å². The maximum atomic E-state index is 12.9. The van der Waals surface area contributed by atoms with E-state index in [2.05, 4.69) is 15.3 Å². The molecule has 1 aromatic carbocycles. The van der Waals surface area contributed by atoms with Crippen LogP contribution in [0, 0.1) is 0 Å². The first kappa shape index (κ1) is 21.8. The first-order valence-electron chi connectivity index (χ1n) is 10.5. The van der Waals surface area contributed by atoms with E-state index < -0.39 is 17.6 Å². The number of carbonyl (C=O) groups is 1. The molecule has 3 heterocycles. The molecule has 3 aromatic heterocycles. The van der Waals surface area contributed by atoms with E-state index in [4.69, 9.17) is 16.5 Å². The summed E-state index contributed by atoms with van der Waals surface area (Å²) in [4.78, 5) is 25.4. The Balaban J connectivity index is 1.42. The summed E-state index contributed by atoms with van der Waals surface area (Å²) in [6.45, 7) is 0. The van der Waals surface area contributed by atoms with E-state index in [9.17, 15) is 18.0 Å². The highest BCUT2D eigenvalue weighted by Gasteiger charge is 2.32. The Labute approximate surface area is 191 Å². The SMILES string of the molecule is Nc1nccn2c1c(-c1ccc(C(=O)Nc3cc(C(F)(F)F)ccn3)cc1)nc2[C@H]1C[C@H](N)C1. The summed E-state index contributed by atoms with van der Waals surface area (Å²) in [7, 11) is 0. The standard InChI is InChI=1S/C23H20F3N7O/c24-23(25,26)15-5-6-29-17(11-15)31-22(34)13-3-1-12(2-4-13)18-19-20(28)30-7-8-33(19)21(32-18)14-9-16(27)10-14/h1-8,11,14,16H,9-10,27H2,(H2,28,30)(H,29,31,34)/t14-,16-. The maximum Gasteiger partial charge on any atom is 0.416 e. The van der Waals surface area contributed by atoms with Crippen LogP contribution in [-0.4, -0.2) is 31.3 Å². The van der Waals surface area contributed by atoms with Gasteiger partial charge in [0.15, 0.2) is 0 Å². The molecule has 1 amide bonds. The third-order valence-electron chi connectivity index (χ3n) is 5.90. The predicted octanol–water partition coefficient (Wildman–Crippen LogP) is 3.85. The van der Waals surface area contributed by atoms with Crippen LogP contribution in [0.1, 0.15) is 40.5 Å². The Morgan fingerprint density at radius 2 is 1.82 bits per heavy atom. The van der Waals surface area contributed by atoms with E-state index >= 15 is 0 Å². The molecular formula is C23H20F3N7O. The van der Waals surface area contributed by atoms with E-state index in [0.717, 1.165) is 42.6 Å². The van der Waals surface area contributed by atoms with Gasteiger partial charge in [-0.05, 0) is 37.1 Å². The number of benzene rings is 1. The Kier molecular flexibility index (Phi) is 5.20. The number of aromatic nitrogens is 4. The van der Waals surface area contributed by atoms with Gasteiger partial charge in [-0.15, -0.1) is 0 Å². The fraction of sp³-hybridized carbons (Fsp3) is 0.217. The van der Waals surface area contributed by atoms with Crippen molar-refractivity contribution < 1.29 is 18.0 Å². The monoisotopic (exact) mass is 467 g/mol. The van der Waals surface area contributed by atoms with Gasteiger partial charge < -0.3 is 16.8 Å². The third-order valence-corrected chi connectivity index (χ3v) is 5.90. The first-order valence-corrected chi connectivity index (χ1v) is 10.5. The Morgan fingerprint density at radius 3 is 2.50 bits per heavy atom. The molecule has 5 rings (SSSR count). The minimum Gasteiger partial charge on any atom is -0.382 e. The van der Waals surface area contributed by atoms with Crippen molar-refractivity contribution in [1.29, 1.82) is 0 Å². The molecule has 1 aliphatic rings. The van der Waals surface area contributed by atoms with Gasteiger partial charge in [-0.25, -0.2) is 15.0 Å². The Hall–Kier alpha value is -3.99.